The fourth-order valence-electron chi connectivity index (χ4n) is 3.56. The molecule has 0 spiro atoms. The Hall–Kier alpha value is -5.77. The number of halogens is 3. The van der Waals surface area contributed by atoms with Gasteiger partial charge in [0.2, 0.25) is 11.8 Å². The zero-order valence-electron chi connectivity index (χ0n) is 25.6. The van der Waals surface area contributed by atoms with Crippen LogP contribution < -0.4 is 36.5 Å². The first-order chi connectivity index (χ1) is 22.4. The predicted octanol–water partition coefficient (Wildman–Crippen LogP) is 4.72. The van der Waals surface area contributed by atoms with Crippen LogP contribution in [0.3, 0.4) is 0 Å². The number of carboxylic acid groups (broad SMARTS) is 1. The van der Waals surface area contributed by atoms with Gasteiger partial charge in [-0.25, -0.2) is 19.1 Å². The van der Waals surface area contributed by atoms with Crippen molar-refractivity contribution in [1.29, 1.82) is 0 Å². The summed E-state index contributed by atoms with van der Waals surface area (Å²) in [6, 6.07) is 19.0. The number of aliphatic imine (C=N–C) groups is 1. The second kappa shape index (κ2) is 17.2. The normalized spacial score (nSPS) is 11.4. The number of hydrogen-bond acceptors (Lipinski definition) is 9. The monoisotopic (exact) mass is 696 g/mol. The molecule has 0 aliphatic rings. The lowest BCUT2D eigenvalue weighted by atomic mass is 10.1. The van der Waals surface area contributed by atoms with E-state index in [1.807, 2.05) is 0 Å². The first-order valence-electron chi connectivity index (χ1n) is 13.5. The lowest BCUT2D eigenvalue weighted by Crippen LogP contribution is -2.38. The van der Waals surface area contributed by atoms with Gasteiger partial charge in [0, 0.05) is 31.6 Å². The molecular weight excluding hydrogens is 664 g/mol. The van der Waals surface area contributed by atoms with Gasteiger partial charge in [0.1, 0.15) is 11.5 Å². The van der Waals surface area contributed by atoms with E-state index in [0.717, 1.165) is 0 Å². The van der Waals surface area contributed by atoms with Gasteiger partial charge in [-0.2, -0.15) is 13.2 Å². The fourth-order valence-corrected chi connectivity index (χ4v) is 5.38. The number of carbonyl (C=O) groups excluding carboxylic acids is 3. The van der Waals surface area contributed by atoms with Crippen molar-refractivity contribution in [2.24, 2.45) is 16.5 Å². The lowest BCUT2D eigenvalue weighted by Gasteiger charge is -2.28. The highest BCUT2D eigenvalue weighted by molar-refractivity contribution is 7.55. The van der Waals surface area contributed by atoms with Gasteiger partial charge in [0.05, 0.1) is 12.8 Å². The summed E-state index contributed by atoms with van der Waals surface area (Å²) in [6.45, 7) is 2.74. The van der Waals surface area contributed by atoms with E-state index in [4.69, 9.17) is 35.2 Å². The Morgan fingerprint density at radius 1 is 0.833 bits per heavy atom. The van der Waals surface area contributed by atoms with Crippen LogP contribution in [0.4, 0.5) is 35.0 Å². The van der Waals surface area contributed by atoms with Crippen LogP contribution in [-0.4, -0.2) is 54.0 Å². The molecule has 3 aromatic carbocycles. The molecule has 15 nitrogen and oxygen atoms in total. The minimum absolute atomic E-state index is 0.00241. The molecule has 0 aromatic heterocycles. The van der Waals surface area contributed by atoms with Crippen LogP contribution in [0.15, 0.2) is 77.8 Å². The van der Waals surface area contributed by atoms with E-state index in [-0.39, 0.29) is 35.7 Å². The maximum atomic E-state index is 14.5. The standard InChI is InChI=1S/C27H31N6O7P.C2HF3O2/c1-17(34)30-20-8-12-23(13-9-20)39-41(37,40-24-14-10-21(11-15-24)31-18(2)35)25(33-27(36)38-3)16-19-4-6-22(7-5-19)32-26(28)29;3-2(4,5)1(6)7/h4-15,25H,16H2,1-3H3,(H,30,34)(H,31,35)(H,33,36)(H4,28,29,32);(H,6,7). The molecule has 0 heterocycles. The number of ether oxygens (including phenoxy) is 1. The van der Waals surface area contributed by atoms with E-state index < -0.39 is 31.6 Å². The van der Waals surface area contributed by atoms with Gasteiger partial charge in [-0.15, -0.1) is 0 Å². The summed E-state index contributed by atoms with van der Waals surface area (Å²) in [5, 5.41) is 15.0. The largest absolute Gasteiger partial charge is 0.490 e. The molecule has 0 aliphatic heterocycles. The molecule has 0 saturated carbocycles. The number of amides is 3. The van der Waals surface area contributed by atoms with Gasteiger partial charge in [0.15, 0.2) is 11.7 Å². The van der Waals surface area contributed by atoms with Crippen molar-refractivity contribution in [1.82, 2.24) is 5.32 Å². The number of nitrogens with two attached hydrogens (primary N) is 2. The van der Waals surface area contributed by atoms with Crippen LogP contribution in [0, 0.1) is 0 Å². The van der Waals surface area contributed by atoms with Crippen molar-refractivity contribution in [3.05, 3.63) is 78.4 Å². The molecule has 3 amide bonds. The van der Waals surface area contributed by atoms with E-state index in [1.165, 1.54) is 45.2 Å². The highest BCUT2D eigenvalue weighted by Crippen LogP contribution is 2.53. The van der Waals surface area contributed by atoms with Crippen molar-refractivity contribution >= 4 is 54.5 Å². The molecule has 19 heteroatoms. The first kappa shape index (κ1) is 38.4. The van der Waals surface area contributed by atoms with Crippen molar-refractivity contribution in [2.45, 2.75) is 32.2 Å². The van der Waals surface area contributed by atoms with Gasteiger partial charge in [-0.05, 0) is 66.2 Å². The summed E-state index contributed by atoms with van der Waals surface area (Å²) in [6.07, 6.45) is -5.94. The minimum atomic E-state index is -5.08. The average Bonchev–Trinajstić information content (AvgIpc) is 2.98. The molecule has 0 aliphatic carbocycles. The summed E-state index contributed by atoms with van der Waals surface area (Å²) < 4.78 is 62.9. The number of methoxy groups -OCH3 is 1. The van der Waals surface area contributed by atoms with Crippen LogP contribution in [-0.2, 0) is 30.1 Å². The Kier molecular flexibility index (Phi) is 13.8. The Morgan fingerprint density at radius 2 is 1.25 bits per heavy atom. The third-order valence-electron chi connectivity index (χ3n) is 5.53. The van der Waals surface area contributed by atoms with Crippen LogP contribution in [0.5, 0.6) is 11.5 Å². The molecule has 48 heavy (non-hydrogen) atoms. The van der Waals surface area contributed by atoms with E-state index in [0.29, 0.717) is 22.6 Å². The third kappa shape index (κ3) is 13.3. The van der Waals surface area contributed by atoms with Crippen LogP contribution in [0.1, 0.15) is 19.4 Å². The number of benzene rings is 3. The summed E-state index contributed by atoms with van der Waals surface area (Å²) in [5.74, 6) is -4.31. The Bertz CT molecular complexity index is 1580. The van der Waals surface area contributed by atoms with Gasteiger partial charge >= 0.3 is 25.8 Å². The Balaban J connectivity index is 0.00000103. The summed E-state index contributed by atoms with van der Waals surface area (Å²) in [5.41, 5.74) is 13.0. The molecule has 0 bridgehead atoms. The number of aliphatic carboxylic acids is 1. The smallest absolute Gasteiger partial charge is 0.475 e. The predicted molar refractivity (Wildman–Crippen MR) is 169 cm³/mol. The SMILES string of the molecule is COC(=O)NC(Cc1ccc(N=C(N)N)cc1)P(=O)(Oc1ccc(NC(C)=O)cc1)Oc1ccc(NC(C)=O)cc1.O=C(O)C(F)(F)F. The van der Waals surface area contributed by atoms with Crippen LogP contribution in [0.2, 0.25) is 0 Å². The molecule has 3 aromatic rings. The van der Waals surface area contributed by atoms with E-state index in [1.54, 1.807) is 48.5 Å². The van der Waals surface area contributed by atoms with E-state index >= 15 is 0 Å². The number of nitrogens with zero attached hydrogens (tertiary/aromatic N) is 1. The number of alkyl carbamates (subject to hydrolysis) is 1. The van der Waals surface area contributed by atoms with E-state index in [2.05, 4.69) is 20.9 Å². The van der Waals surface area contributed by atoms with Crippen molar-refractivity contribution in [3.63, 3.8) is 0 Å². The number of alkyl halides is 3. The van der Waals surface area contributed by atoms with Crippen molar-refractivity contribution in [2.75, 3.05) is 17.7 Å². The zero-order chi connectivity index (χ0) is 36.1. The molecule has 0 radical (unpaired) electrons. The molecule has 3 rings (SSSR count). The molecule has 258 valence electrons. The molecule has 0 fully saturated rings. The highest BCUT2D eigenvalue weighted by Gasteiger charge is 2.41. The quantitative estimate of drug-likeness (QED) is 0.0912. The molecule has 1 atom stereocenters. The average molecular weight is 697 g/mol. The van der Waals surface area contributed by atoms with Gasteiger partial charge in [-0.3, -0.25) is 9.59 Å². The highest BCUT2D eigenvalue weighted by atomic mass is 31.2. The molecule has 0 saturated heterocycles. The topological polar surface area (TPSA) is 234 Å². The van der Waals surface area contributed by atoms with Crippen molar-refractivity contribution < 1.29 is 55.8 Å². The Morgan fingerprint density at radius 3 is 1.58 bits per heavy atom. The third-order valence-corrected chi connectivity index (χ3v) is 7.54. The van der Waals surface area contributed by atoms with Crippen LogP contribution >= 0.6 is 7.60 Å². The first-order valence-corrected chi connectivity index (χ1v) is 15.1. The maximum absolute atomic E-state index is 14.5. The van der Waals surface area contributed by atoms with Gasteiger partial charge in [-0.1, -0.05) is 12.1 Å². The second-order valence-corrected chi connectivity index (χ2v) is 11.6. The fraction of sp³-hybridized carbons (Fsp3) is 0.207. The number of carboxylic acids is 1. The maximum Gasteiger partial charge on any atom is 0.490 e. The summed E-state index contributed by atoms with van der Waals surface area (Å²) >= 11 is 0. The molecular formula is C29H32F3N6O9P. The minimum Gasteiger partial charge on any atom is -0.475 e. The van der Waals surface area contributed by atoms with Gasteiger partial charge < -0.3 is 46.3 Å². The van der Waals surface area contributed by atoms with Crippen LogP contribution in [0.25, 0.3) is 0 Å². The Labute approximate surface area is 272 Å². The number of anilines is 2. The summed E-state index contributed by atoms with van der Waals surface area (Å²) in [7, 11) is -3.11. The van der Waals surface area contributed by atoms with Gasteiger partial charge in [0.25, 0.3) is 0 Å². The zero-order valence-corrected chi connectivity index (χ0v) is 26.5. The molecule has 1 unspecified atom stereocenters. The number of rotatable bonds is 11. The molecule has 8 N–H and O–H groups in total. The second-order valence-electron chi connectivity index (χ2n) is 9.50. The lowest BCUT2D eigenvalue weighted by molar-refractivity contribution is -0.192. The number of hydrogen-bond donors (Lipinski definition) is 6. The number of nitrogens with one attached hydrogen (secondary N) is 3. The number of guanidine groups is 1. The van der Waals surface area contributed by atoms with E-state index in [9.17, 15) is 32.1 Å². The number of carbonyl (C=O) groups is 4. The van der Waals surface area contributed by atoms with Crippen molar-refractivity contribution in [3.8, 4) is 11.5 Å². The summed E-state index contributed by atoms with van der Waals surface area (Å²) in [4.78, 5) is 48.0.